The smallest absolute Gasteiger partial charge is 0.311 e. The first kappa shape index (κ1) is 15.5. The number of imidazole rings is 1. The third kappa shape index (κ3) is 3.84. The number of fused-ring (bicyclic) bond motifs is 1. The Labute approximate surface area is 126 Å². The van der Waals surface area contributed by atoms with Crippen molar-refractivity contribution in [2.24, 2.45) is 5.41 Å². The number of hydrogen-bond acceptors (Lipinski definition) is 3. The molecule has 0 N–H and O–H groups in total. The van der Waals surface area contributed by atoms with Crippen LogP contribution in [0, 0.1) is 12.3 Å². The van der Waals surface area contributed by atoms with Crippen molar-refractivity contribution in [2.75, 3.05) is 6.61 Å². The molecule has 4 nitrogen and oxygen atoms in total. The van der Waals surface area contributed by atoms with E-state index in [1.54, 1.807) is 0 Å². The van der Waals surface area contributed by atoms with Crippen LogP contribution in [0.25, 0.3) is 5.65 Å². The van der Waals surface area contributed by atoms with Crippen LogP contribution < -0.4 is 0 Å². The standard InChI is InChI=1S/C17H24N2O2/c1-6-21-16(20)9-14-12(2)18-15-8-7-13(11-19(14)15)10-17(3,4)5/h7-8,11H,6,9-10H2,1-5H3. The highest BCUT2D eigenvalue weighted by atomic mass is 16.5. The molecule has 21 heavy (non-hydrogen) atoms. The van der Waals surface area contributed by atoms with Gasteiger partial charge < -0.3 is 9.14 Å². The van der Waals surface area contributed by atoms with Gasteiger partial charge in [-0.3, -0.25) is 4.79 Å². The number of carbonyl (C=O) groups excluding carboxylic acids is 1. The minimum Gasteiger partial charge on any atom is -0.466 e. The van der Waals surface area contributed by atoms with E-state index in [4.69, 9.17) is 4.74 Å². The summed E-state index contributed by atoms with van der Waals surface area (Å²) >= 11 is 0. The van der Waals surface area contributed by atoms with E-state index >= 15 is 0 Å². The normalized spacial score (nSPS) is 11.9. The van der Waals surface area contributed by atoms with E-state index in [0.29, 0.717) is 6.61 Å². The highest BCUT2D eigenvalue weighted by molar-refractivity contribution is 5.72. The monoisotopic (exact) mass is 288 g/mol. The second-order valence-corrected chi connectivity index (χ2v) is 6.63. The first-order valence-corrected chi connectivity index (χ1v) is 7.42. The van der Waals surface area contributed by atoms with E-state index in [-0.39, 0.29) is 17.8 Å². The van der Waals surface area contributed by atoms with Gasteiger partial charge in [0.2, 0.25) is 0 Å². The van der Waals surface area contributed by atoms with Crippen molar-refractivity contribution in [1.82, 2.24) is 9.38 Å². The molecule has 114 valence electrons. The molecule has 2 heterocycles. The predicted octanol–water partition coefficient (Wildman–Crippen LogP) is 3.34. The Morgan fingerprint density at radius 1 is 1.33 bits per heavy atom. The summed E-state index contributed by atoms with van der Waals surface area (Å²) in [6.07, 6.45) is 3.34. The van der Waals surface area contributed by atoms with Gasteiger partial charge in [-0.25, -0.2) is 4.98 Å². The molecule has 0 bridgehead atoms. The molecule has 0 atom stereocenters. The first-order chi connectivity index (χ1) is 9.80. The van der Waals surface area contributed by atoms with Gasteiger partial charge in [-0.2, -0.15) is 0 Å². The van der Waals surface area contributed by atoms with E-state index in [9.17, 15) is 4.79 Å². The number of pyridine rings is 1. The Morgan fingerprint density at radius 2 is 2.05 bits per heavy atom. The molecule has 2 rings (SSSR count). The van der Waals surface area contributed by atoms with Crippen molar-refractivity contribution in [3.63, 3.8) is 0 Å². The van der Waals surface area contributed by atoms with Crippen LogP contribution in [-0.2, 0) is 22.4 Å². The highest BCUT2D eigenvalue weighted by Crippen LogP contribution is 2.22. The summed E-state index contributed by atoms with van der Waals surface area (Å²) < 4.78 is 7.07. The van der Waals surface area contributed by atoms with Crippen molar-refractivity contribution >= 4 is 11.6 Å². The minimum absolute atomic E-state index is 0.205. The maximum Gasteiger partial charge on any atom is 0.311 e. The van der Waals surface area contributed by atoms with E-state index < -0.39 is 0 Å². The molecule has 2 aromatic heterocycles. The number of aromatic nitrogens is 2. The molecule has 2 aromatic rings. The lowest BCUT2D eigenvalue weighted by molar-refractivity contribution is -0.142. The topological polar surface area (TPSA) is 43.6 Å². The second-order valence-electron chi connectivity index (χ2n) is 6.63. The average Bonchev–Trinajstić information content (AvgIpc) is 2.64. The van der Waals surface area contributed by atoms with E-state index in [2.05, 4.69) is 38.0 Å². The quantitative estimate of drug-likeness (QED) is 0.810. The second kappa shape index (κ2) is 5.88. The summed E-state index contributed by atoms with van der Waals surface area (Å²) in [4.78, 5) is 16.3. The lowest BCUT2D eigenvalue weighted by Crippen LogP contribution is -2.12. The third-order valence-corrected chi connectivity index (χ3v) is 3.33. The van der Waals surface area contributed by atoms with Crippen LogP contribution in [0.1, 0.15) is 44.6 Å². The fourth-order valence-corrected chi connectivity index (χ4v) is 2.53. The summed E-state index contributed by atoms with van der Waals surface area (Å²) in [6, 6.07) is 4.13. The largest absolute Gasteiger partial charge is 0.466 e. The minimum atomic E-state index is -0.205. The summed E-state index contributed by atoms with van der Waals surface area (Å²) in [5.41, 5.74) is 4.15. The Hall–Kier alpha value is -1.84. The lowest BCUT2D eigenvalue weighted by atomic mass is 9.89. The van der Waals surface area contributed by atoms with Gasteiger partial charge in [0.15, 0.2) is 0 Å². The van der Waals surface area contributed by atoms with Gasteiger partial charge in [0, 0.05) is 6.20 Å². The van der Waals surface area contributed by atoms with Gasteiger partial charge in [0.05, 0.1) is 24.4 Å². The van der Waals surface area contributed by atoms with Crippen molar-refractivity contribution in [1.29, 1.82) is 0 Å². The number of rotatable bonds is 4. The Kier molecular flexibility index (Phi) is 4.35. The van der Waals surface area contributed by atoms with Crippen molar-refractivity contribution in [3.8, 4) is 0 Å². The summed E-state index contributed by atoms with van der Waals surface area (Å²) in [5, 5.41) is 0. The maximum atomic E-state index is 11.8. The van der Waals surface area contributed by atoms with Crippen LogP contribution in [-0.4, -0.2) is 22.0 Å². The Bertz CT molecular complexity index is 651. The number of hydrogen-bond donors (Lipinski definition) is 0. The molecule has 0 saturated carbocycles. The van der Waals surface area contributed by atoms with Crippen molar-refractivity contribution < 1.29 is 9.53 Å². The zero-order chi connectivity index (χ0) is 15.6. The molecule has 0 aliphatic carbocycles. The molecule has 0 aliphatic rings. The van der Waals surface area contributed by atoms with Crippen LogP contribution >= 0.6 is 0 Å². The molecule has 4 heteroatoms. The molecular weight excluding hydrogens is 264 g/mol. The molecule has 0 radical (unpaired) electrons. The fourth-order valence-electron chi connectivity index (χ4n) is 2.53. The van der Waals surface area contributed by atoms with Crippen LogP contribution in [0.5, 0.6) is 0 Å². The molecule has 0 aliphatic heterocycles. The maximum absolute atomic E-state index is 11.8. The number of carbonyl (C=O) groups is 1. The molecule has 0 fully saturated rings. The van der Waals surface area contributed by atoms with Crippen LogP contribution in [0.3, 0.4) is 0 Å². The van der Waals surface area contributed by atoms with Gasteiger partial charge in [-0.1, -0.05) is 26.8 Å². The van der Waals surface area contributed by atoms with Gasteiger partial charge in [-0.15, -0.1) is 0 Å². The molecular formula is C17H24N2O2. The van der Waals surface area contributed by atoms with E-state index in [0.717, 1.165) is 23.5 Å². The number of ether oxygens (including phenoxy) is 1. The summed E-state index contributed by atoms with van der Waals surface area (Å²) in [6.45, 7) is 10.8. The highest BCUT2D eigenvalue weighted by Gasteiger charge is 2.16. The molecule has 0 amide bonds. The predicted molar refractivity (Wildman–Crippen MR) is 83.4 cm³/mol. The molecule has 0 aromatic carbocycles. The zero-order valence-electron chi connectivity index (χ0n) is 13.6. The van der Waals surface area contributed by atoms with Gasteiger partial charge in [0.1, 0.15) is 5.65 Å². The number of aryl methyl sites for hydroxylation is 1. The van der Waals surface area contributed by atoms with Crippen LogP contribution in [0.15, 0.2) is 18.3 Å². The third-order valence-electron chi connectivity index (χ3n) is 3.33. The Morgan fingerprint density at radius 3 is 2.67 bits per heavy atom. The number of esters is 1. The van der Waals surface area contributed by atoms with Crippen molar-refractivity contribution in [2.45, 2.75) is 47.5 Å². The van der Waals surface area contributed by atoms with Crippen LogP contribution in [0.4, 0.5) is 0 Å². The Balaban J connectivity index is 2.37. The molecule has 0 saturated heterocycles. The van der Waals surface area contributed by atoms with E-state index in [1.807, 2.05) is 24.3 Å². The number of nitrogens with zero attached hydrogens (tertiary/aromatic N) is 2. The van der Waals surface area contributed by atoms with Gasteiger partial charge in [-0.05, 0) is 37.3 Å². The molecule has 0 unspecified atom stereocenters. The average molecular weight is 288 g/mol. The SMILES string of the molecule is CCOC(=O)Cc1c(C)nc2ccc(CC(C)(C)C)cn12. The fraction of sp³-hybridized carbons (Fsp3) is 0.529. The first-order valence-electron chi connectivity index (χ1n) is 7.42. The summed E-state index contributed by atoms with van der Waals surface area (Å²) in [5.74, 6) is -0.205. The van der Waals surface area contributed by atoms with Gasteiger partial charge >= 0.3 is 5.97 Å². The van der Waals surface area contributed by atoms with Crippen LogP contribution in [0.2, 0.25) is 0 Å². The lowest BCUT2D eigenvalue weighted by Gasteiger charge is -2.18. The molecule has 0 spiro atoms. The zero-order valence-corrected chi connectivity index (χ0v) is 13.6. The van der Waals surface area contributed by atoms with Gasteiger partial charge in [0.25, 0.3) is 0 Å². The van der Waals surface area contributed by atoms with E-state index in [1.165, 1.54) is 5.56 Å². The summed E-state index contributed by atoms with van der Waals surface area (Å²) in [7, 11) is 0. The van der Waals surface area contributed by atoms with Crippen molar-refractivity contribution in [3.05, 3.63) is 35.3 Å².